The van der Waals surface area contributed by atoms with Crippen molar-refractivity contribution in [3.8, 4) is 0 Å². The van der Waals surface area contributed by atoms with Gasteiger partial charge in [0.2, 0.25) is 0 Å². The van der Waals surface area contributed by atoms with Crippen molar-refractivity contribution >= 4 is 0 Å². The second-order valence-electron chi connectivity index (χ2n) is 10.2. The first kappa shape index (κ1) is 27.0. The summed E-state index contributed by atoms with van der Waals surface area (Å²) in [5, 5.41) is 0. The van der Waals surface area contributed by atoms with Crippen LogP contribution in [0.5, 0.6) is 0 Å². The topological polar surface area (TPSA) is 0 Å². The zero-order valence-corrected chi connectivity index (χ0v) is 22.0. The number of nitrogens with zero attached hydrogens (tertiary/aromatic N) is 1. The molecule has 3 aromatic rings. The van der Waals surface area contributed by atoms with Gasteiger partial charge in [0.15, 0.2) is 0 Å². The van der Waals surface area contributed by atoms with E-state index in [9.17, 15) is 0 Å². The average molecular weight is 469 g/mol. The Morgan fingerprint density at radius 1 is 0.486 bits per heavy atom. The molecule has 3 aromatic carbocycles. The van der Waals surface area contributed by atoms with Gasteiger partial charge in [-0.15, -0.1) is 0 Å². The fourth-order valence-corrected chi connectivity index (χ4v) is 5.13. The Morgan fingerprint density at radius 2 is 0.886 bits per heavy atom. The van der Waals surface area contributed by atoms with E-state index in [-0.39, 0.29) is 0 Å². The van der Waals surface area contributed by atoms with E-state index in [4.69, 9.17) is 0 Å². The van der Waals surface area contributed by atoms with Gasteiger partial charge in [-0.3, -0.25) is 0 Å². The van der Waals surface area contributed by atoms with Crippen molar-refractivity contribution < 1.29 is 4.48 Å². The van der Waals surface area contributed by atoms with Crippen molar-refractivity contribution in [3.63, 3.8) is 0 Å². The maximum atomic E-state index is 2.41. The van der Waals surface area contributed by atoms with E-state index in [1.165, 1.54) is 81.0 Å². The molecule has 0 radical (unpaired) electrons. The Bertz CT molecular complexity index is 829. The third-order valence-corrected chi connectivity index (χ3v) is 6.98. The summed E-state index contributed by atoms with van der Waals surface area (Å²) in [6, 6.07) is 33.3. The summed E-state index contributed by atoms with van der Waals surface area (Å²) in [6.45, 7) is 6.71. The highest BCUT2D eigenvalue weighted by Crippen LogP contribution is 2.25. The standard InChI is InChI=1S/C34H46N/c1-2-3-4-5-6-7-8-9-10-11-21-28-35(29-32-22-15-12-16-23-32,30-33-24-17-13-18-25-33)31-34-26-19-14-20-27-34/h6-7,12-20,22-27H,2-5,8-11,21,28-31H2,1H3/q+1/b7-6+. The molecule has 0 fully saturated rings. The first-order chi connectivity index (χ1) is 17.3. The molecule has 0 aliphatic carbocycles. The summed E-state index contributed by atoms with van der Waals surface area (Å²) < 4.78 is 1.08. The minimum absolute atomic E-state index is 1.07. The minimum atomic E-state index is 1.07. The Hall–Kier alpha value is -2.64. The van der Waals surface area contributed by atoms with Gasteiger partial charge in [-0.2, -0.15) is 0 Å². The Labute approximate surface area is 215 Å². The molecule has 0 aromatic heterocycles. The number of unbranched alkanes of at least 4 members (excludes halogenated alkanes) is 7. The molecule has 1 nitrogen and oxygen atoms in total. The van der Waals surface area contributed by atoms with E-state index in [1.54, 1.807) is 0 Å². The predicted molar refractivity (Wildman–Crippen MR) is 152 cm³/mol. The summed E-state index contributed by atoms with van der Waals surface area (Å²) in [5.74, 6) is 0. The summed E-state index contributed by atoms with van der Waals surface area (Å²) >= 11 is 0. The molecule has 0 atom stereocenters. The lowest BCUT2D eigenvalue weighted by Crippen LogP contribution is -2.46. The lowest BCUT2D eigenvalue weighted by atomic mass is 10.0. The first-order valence-corrected chi connectivity index (χ1v) is 13.9. The van der Waals surface area contributed by atoms with Crippen molar-refractivity contribution in [1.29, 1.82) is 0 Å². The molecule has 3 rings (SSSR count). The molecule has 0 bridgehead atoms. The summed E-state index contributed by atoms with van der Waals surface area (Å²) in [4.78, 5) is 0. The van der Waals surface area contributed by atoms with Crippen LogP contribution in [0.1, 0.15) is 81.4 Å². The zero-order valence-electron chi connectivity index (χ0n) is 22.0. The van der Waals surface area contributed by atoms with Crippen LogP contribution in [0.3, 0.4) is 0 Å². The lowest BCUT2D eigenvalue weighted by molar-refractivity contribution is -0.966. The molecule has 0 aliphatic rings. The van der Waals surface area contributed by atoms with Crippen LogP contribution in [0.4, 0.5) is 0 Å². The van der Waals surface area contributed by atoms with Gasteiger partial charge in [-0.1, -0.05) is 129 Å². The van der Waals surface area contributed by atoms with Crippen molar-refractivity contribution in [1.82, 2.24) is 0 Å². The molecule has 1 heteroatoms. The van der Waals surface area contributed by atoms with Crippen LogP contribution in [0, 0.1) is 0 Å². The molecule has 0 aliphatic heterocycles. The van der Waals surface area contributed by atoms with E-state index >= 15 is 0 Å². The number of rotatable bonds is 17. The number of quaternary nitrogens is 1. The summed E-state index contributed by atoms with van der Waals surface area (Å²) in [6.07, 6.45) is 16.6. The SMILES string of the molecule is CCCCC/C=C/CCCCCC[N+](Cc1ccccc1)(Cc1ccccc1)Cc1ccccc1. The fourth-order valence-electron chi connectivity index (χ4n) is 5.13. The number of hydrogen-bond acceptors (Lipinski definition) is 0. The maximum absolute atomic E-state index is 2.41. The van der Waals surface area contributed by atoms with Gasteiger partial charge in [-0.05, 0) is 38.5 Å². The van der Waals surface area contributed by atoms with Crippen LogP contribution >= 0.6 is 0 Å². The molecule has 0 heterocycles. The monoisotopic (exact) mass is 468 g/mol. The third kappa shape index (κ3) is 10.7. The molecule has 0 amide bonds. The Kier molecular flexibility index (Phi) is 12.4. The normalized spacial score (nSPS) is 11.8. The van der Waals surface area contributed by atoms with Crippen LogP contribution in [0.25, 0.3) is 0 Å². The van der Waals surface area contributed by atoms with Crippen molar-refractivity contribution in [3.05, 3.63) is 120 Å². The van der Waals surface area contributed by atoms with Gasteiger partial charge in [0.05, 0.1) is 6.54 Å². The second-order valence-corrected chi connectivity index (χ2v) is 10.2. The second kappa shape index (κ2) is 16.1. The number of allylic oxidation sites excluding steroid dienone is 2. The van der Waals surface area contributed by atoms with Gasteiger partial charge in [0, 0.05) is 16.7 Å². The van der Waals surface area contributed by atoms with Gasteiger partial charge < -0.3 is 4.48 Å². The highest BCUT2D eigenvalue weighted by atomic mass is 15.3. The fraction of sp³-hybridized carbons (Fsp3) is 0.412. The molecular weight excluding hydrogens is 422 g/mol. The molecule has 0 spiro atoms. The highest BCUT2D eigenvalue weighted by Gasteiger charge is 2.28. The Morgan fingerprint density at radius 3 is 1.31 bits per heavy atom. The molecular formula is C34H46N+. The third-order valence-electron chi connectivity index (χ3n) is 6.98. The van der Waals surface area contributed by atoms with Crippen molar-refractivity contribution in [2.75, 3.05) is 6.54 Å². The van der Waals surface area contributed by atoms with Gasteiger partial charge >= 0.3 is 0 Å². The molecule has 35 heavy (non-hydrogen) atoms. The predicted octanol–water partition coefficient (Wildman–Crippen LogP) is 9.49. The van der Waals surface area contributed by atoms with Crippen molar-refractivity contribution in [2.45, 2.75) is 84.3 Å². The zero-order chi connectivity index (χ0) is 24.4. The van der Waals surface area contributed by atoms with Crippen LogP contribution in [0.15, 0.2) is 103 Å². The van der Waals surface area contributed by atoms with Gasteiger partial charge in [0.25, 0.3) is 0 Å². The quantitative estimate of drug-likeness (QED) is 0.105. The van der Waals surface area contributed by atoms with E-state index in [0.717, 1.165) is 24.1 Å². The Balaban J connectivity index is 1.63. The molecule has 0 saturated heterocycles. The van der Waals surface area contributed by atoms with Crippen molar-refractivity contribution in [2.24, 2.45) is 0 Å². The summed E-state index contributed by atoms with van der Waals surface area (Å²) in [7, 11) is 0. The molecule has 0 N–H and O–H groups in total. The number of hydrogen-bond donors (Lipinski definition) is 0. The molecule has 0 saturated carbocycles. The highest BCUT2D eigenvalue weighted by molar-refractivity contribution is 5.17. The first-order valence-electron chi connectivity index (χ1n) is 13.9. The lowest BCUT2D eigenvalue weighted by Gasteiger charge is -2.39. The van der Waals surface area contributed by atoms with Gasteiger partial charge in [-0.25, -0.2) is 0 Å². The van der Waals surface area contributed by atoms with Crippen LogP contribution in [0.2, 0.25) is 0 Å². The maximum Gasteiger partial charge on any atom is 0.105 e. The van der Waals surface area contributed by atoms with E-state index in [2.05, 4.69) is 110 Å². The van der Waals surface area contributed by atoms with E-state index in [0.29, 0.717) is 0 Å². The largest absolute Gasteiger partial charge is 0.312 e. The minimum Gasteiger partial charge on any atom is -0.312 e. The van der Waals surface area contributed by atoms with E-state index < -0.39 is 0 Å². The average Bonchev–Trinajstić information content (AvgIpc) is 2.89. The van der Waals surface area contributed by atoms with Crippen LogP contribution < -0.4 is 0 Å². The van der Waals surface area contributed by atoms with Crippen LogP contribution in [-0.2, 0) is 19.6 Å². The smallest absolute Gasteiger partial charge is 0.105 e. The summed E-state index contributed by atoms with van der Waals surface area (Å²) in [5.41, 5.74) is 4.31. The van der Waals surface area contributed by atoms with Gasteiger partial charge in [0.1, 0.15) is 19.6 Å². The van der Waals surface area contributed by atoms with Crippen LogP contribution in [-0.4, -0.2) is 11.0 Å². The number of benzene rings is 3. The molecule has 0 unspecified atom stereocenters. The molecule has 186 valence electrons. The van der Waals surface area contributed by atoms with E-state index in [1.807, 2.05) is 0 Å².